The molecule has 26 heavy (non-hydrogen) atoms. The van der Waals surface area contributed by atoms with Crippen LogP contribution in [0.25, 0.3) is 0 Å². The molecule has 3 rings (SSSR count). The van der Waals surface area contributed by atoms with Gasteiger partial charge in [-0.25, -0.2) is 0 Å². The molecule has 0 saturated carbocycles. The predicted molar refractivity (Wildman–Crippen MR) is 104 cm³/mol. The number of carbonyl (C=O) groups excluding carboxylic acids is 1. The van der Waals surface area contributed by atoms with E-state index >= 15 is 0 Å². The van der Waals surface area contributed by atoms with Gasteiger partial charge >= 0.3 is 0 Å². The normalized spacial score (nSPS) is 16.2. The second-order valence-corrected chi connectivity index (χ2v) is 7.24. The zero-order valence-electron chi connectivity index (χ0n) is 15.1. The van der Waals surface area contributed by atoms with Crippen LogP contribution >= 0.6 is 11.3 Å². The molecule has 1 aliphatic heterocycles. The molecule has 1 saturated heterocycles. The summed E-state index contributed by atoms with van der Waals surface area (Å²) in [5.74, 6) is 0.745. The van der Waals surface area contributed by atoms with Gasteiger partial charge in [-0.1, -0.05) is 13.0 Å². The summed E-state index contributed by atoms with van der Waals surface area (Å²) in [6.45, 7) is 6.62. The van der Waals surface area contributed by atoms with Crippen molar-refractivity contribution in [2.24, 2.45) is 0 Å². The molecule has 1 aromatic carbocycles. The largest absolute Gasteiger partial charge is 0.494 e. The third-order valence-corrected chi connectivity index (χ3v) is 5.38. The van der Waals surface area contributed by atoms with Crippen LogP contribution in [0.5, 0.6) is 5.75 Å². The molecular weight excluding hydrogens is 348 g/mol. The van der Waals surface area contributed by atoms with E-state index in [0.29, 0.717) is 18.7 Å². The van der Waals surface area contributed by atoms with E-state index in [0.717, 1.165) is 38.5 Å². The van der Waals surface area contributed by atoms with Crippen molar-refractivity contribution in [3.05, 3.63) is 52.2 Å². The molecule has 0 aliphatic carbocycles. The standard InChI is InChI=1S/C20H26N2O3S/c1-2-11-25-17-7-5-16(6-8-17)20(23)21-15-18(19-4-3-14-26-19)22-9-12-24-13-10-22/h3-8,14,18H,2,9-13,15H2,1H3,(H,21,23)/t18-/m0/s1. The molecule has 1 fully saturated rings. The third-order valence-electron chi connectivity index (χ3n) is 4.40. The van der Waals surface area contributed by atoms with Crippen LogP contribution in [0.2, 0.25) is 0 Å². The highest BCUT2D eigenvalue weighted by atomic mass is 32.1. The summed E-state index contributed by atoms with van der Waals surface area (Å²) < 4.78 is 11.0. The van der Waals surface area contributed by atoms with E-state index in [9.17, 15) is 4.79 Å². The van der Waals surface area contributed by atoms with Crippen LogP contribution in [-0.2, 0) is 4.74 Å². The first kappa shape index (κ1) is 18.9. The van der Waals surface area contributed by atoms with Gasteiger partial charge in [0.15, 0.2) is 0 Å². The number of carbonyl (C=O) groups is 1. The van der Waals surface area contributed by atoms with Crippen molar-refractivity contribution in [3.63, 3.8) is 0 Å². The SMILES string of the molecule is CCCOc1ccc(C(=O)NC[C@@H](c2cccs2)N2CCOCC2)cc1. The van der Waals surface area contributed by atoms with Gasteiger partial charge in [0.25, 0.3) is 5.91 Å². The Morgan fingerprint density at radius 2 is 2.04 bits per heavy atom. The number of rotatable bonds is 8. The summed E-state index contributed by atoms with van der Waals surface area (Å²) in [4.78, 5) is 16.2. The van der Waals surface area contributed by atoms with Gasteiger partial charge in [0, 0.05) is 30.1 Å². The highest BCUT2D eigenvalue weighted by Crippen LogP contribution is 2.25. The number of morpholine rings is 1. The fourth-order valence-electron chi connectivity index (χ4n) is 2.99. The summed E-state index contributed by atoms with van der Waals surface area (Å²) in [5.41, 5.74) is 0.653. The molecule has 0 unspecified atom stereocenters. The molecule has 1 aliphatic rings. The lowest BCUT2D eigenvalue weighted by atomic mass is 10.1. The van der Waals surface area contributed by atoms with E-state index in [1.165, 1.54) is 4.88 Å². The summed E-state index contributed by atoms with van der Waals surface area (Å²) >= 11 is 1.73. The van der Waals surface area contributed by atoms with Crippen molar-refractivity contribution in [2.45, 2.75) is 19.4 Å². The maximum atomic E-state index is 12.5. The van der Waals surface area contributed by atoms with Gasteiger partial charge in [-0.2, -0.15) is 0 Å². The molecular formula is C20H26N2O3S. The van der Waals surface area contributed by atoms with Gasteiger partial charge in [-0.3, -0.25) is 9.69 Å². The average molecular weight is 375 g/mol. The zero-order valence-corrected chi connectivity index (χ0v) is 16.0. The number of nitrogens with one attached hydrogen (secondary N) is 1. The Hall–Kier alpha value is -1.89. The number of nitrogens with zero attached hydrogens (tertiary/aromatic N) is 1. The molecule has 0 spiro atoms. The highest BCUT2D eigenvalue weighted by molar-refractivity contribution is 7.10. The number of hydrogen-bond donors (Lipinski definition) is 1. The van der Waals surface area contributed by atoms with Crippen LogP contribution in [0, 0.1) is 0 Å². The topological polar surface area (TPSA) is 50.8 Å². The van der Waals surface area contributed by atoms with E-state index < -0.39 is 0 Å². The summed E-state index contributed by atoms with van der Waals surface area (Å²) in [6.07, 6.45) is 0.966. The number of ether oxygens (including phenoxy) is 2. The van der Waals surface area contributed by atoms with E-state index in [1.807, 2.05) is 24.3 Å². The Morgan fingerprint density at radius 3 is 2.69 bits per heavy atom. The van der Waals surface area contributed by atoms with Crippen molar-refractivity contribution < 1.29 is 14.3 Å². The van der Waals surface area contributed by atoms with Gasteiger partial charge in [0.05, 0.1) is 25.9 Å². The first-order valence-electron chi connectivity index (χ1n) is 9.14. The lowest BCUT2D eigenvalue weighted by Crippen LogP contribution is -2.43. The Balaban J connectivity index is 1.60. The maximum absolute atomic E-state index is 12.5. The number of amides is 1. The molecule has 1 amide bonds. The van der Waals surface area contributed by atoms with Crippen LogP contribution in [-0.4, -0.2) is 50.3 Å². The van der Waals surface area contributed by atoms with Crippen LogP contribution in [0.4, 0.5) is 0 Å². The van der Waals surface area contributed by atoms with Crippen LogP contribution in [0.3, 0.4) is 0 Å². The second kappa shape index (κ2) is 9.71. The van der Waals surface area contributed by atoms with Crippen molar-refractivity contribution >= 4 is 17.2 Å². The monoisotopic (exact) mass is 374 g/mol. The summed E-state index contributed by atoms with van der Waals surface area (Å²) in [6, 6.07) is 11.7. The van der Waals surface area contributed by atoms with Crippen LogP contribution in [0.15, 0.2) is 41.8 Å². The fourth-order valence-corrected chi connectivity index (χ4v) is 3.85. The van der Waals surface area contributed by atoms with Gasteiger partial charge in [0.1, 0.15) is 5.75 Å². The van der Waals surface area contributed by atoms with Crippen molar-refractivity contribution in [1.82, 2.24) is 10.2 Å². The third kappa shape index (κ3) is 5.06. The lowest BCUT2D eigenvalue weighted by Gasteiger charge is -2.34. The van der Waals surface area contributed by atoms with Gasteiger partial charge in [-0.05, 0) is 42.1 Å². The second-order valence-electron chi connectivity index (χ2n) is 6.26. The fraction of sp³-hybridized carbons (Fsp3) is 0.450. The summed E-state index contributed by atoms with van der Waals surface area (Å²) in [5, 5.41) is 5.17. The molecule has 0 bridgehead atoms. The van der Waals surface area contributed by atoms with Gasteiger partial charge in [0.2, 0.25) is 0 Å². The average Bonchev–Trinajstić information content (AvgIpc) is 3.22. The van der Waals surface area contributed by atoms with E-state index in [-0.39, 0.29) is 11.9 Å². The molecule has 2 aromatic rings. The van der Waals surface area contributed by atoms with Gasteiger partial charge in [-0.15, -0.1) is 11.3 Å². The highest BCUT2D eigenvalue weighted by Gasteiger charge is 2.24. The Bertz CT molecular complexity index is 667. The Morgan fingerprint density at radius 1 is 1.27 bits per heavy atom. The predicted octanol–water partition coefficient (Wildman–Crippen LogP) is 3.34. The minimum atomic E-state index is -0.0538. The molecule has 1 aromatic heterocycles. The zero-order chi connectivity index (χ0) is 18.2. The number of benzene rings is 1. The first-order chi connectivity index (χ1) is 12.8. The van der Waals surface area contributed by atoms with E-state index in [2.05, 4.69) is 34.7 Å². The molecule has 0 radical (unpaired) electrons. The minimum Gasteiger partial charge on any atom is -0.494 e. The molecule has 6 heteroatoms. The van der Waals surface area contributed by atoms with Crippen molar-refractivity contribution in [1.29, 1.82) is 0 Å². The number of thiophene rings is 1. The smallest absolute Gasteiger partial charge is 0.251 e. The van der Waals surface area contributed by atoms with E-state index in [1.54, 1.807) is 11.3 Å². The quantitative estimate of drug-likeness (QED) is 0.770. The van der Waals surface area contributed by atoms with Crippen LogP contribution in [0.1, 0.15) is 34.6 Å². The van der Waals surface area contributed by atoms with Gasteiger partial charge < -0.3 is 14.8 Å². The van der Waals surface area contributed by atoms with E-state index in [4.69, 9.17) is 9.47 Å². The number of hydrogen-bond acceptors (Lipinski definition) is 5. The molecule has 5 nitrogen and oxygen atoms in total. The van der Waals surface area contributed by atoms with Crippen molar-refractivity contribution in [3.8, 4) is 5.75 Å². The lowest BCUT2D eigenvalue weighted by molar-refractivity contribution is 0.0169. The first-order valence-corrected chi connectivity index (χ1v) is 10.0. The molecule has 1 N–H and O–H groups in total. The Labute approximate surface area is 158 Å². The Kier molecular flexibility index (Phi) is 7.05. The minimum absolute atomic E-state index is 0.0538. The van der Waals surface area contributed by atoms with Crippen molar-refractivity contribution in [2.75, 3.05) is 39.5 Å². The maximum Gasteiger partial charge on any atom is 0.251 e. The summed E-state index contributed by atoms with van der Waals surface area (Å²) in [7, 11) is 0. The molecule has 140 valence electrons. The molecule has 1 atom stereocenters. The van der Waals surface area contributed by atoms with Crippen LogP contribution < -0.4 is 10.1 Å². The molecule has 2 heterocycles.